The van der Waals surface area contributed by atoms with Gasteiger partial charge < -0.3 is 0 Å². The van der Waals surface area contributed by atoms with E-state index in [0.29, 0.717) is 0 Å². The molecule has 0 saturated carbocycles. The highest BCUT2D eigenvalue weighted by molar-refractivity contribution is 5.19. The monoisotopic (exact) mass is 338 g/mol. The van der Waals surface area contributed by atoms with Gasteiger partial charge in [0.25, 0.3) is 0 Å². The van der Waals surface area contributed by atoms with E-state index in [1.807, 2.05) is 6.92 Å². The topological polar surface area (TPSA) is 0 Å². The predicted octanol–water partition coefficient (Wildman–Crippen LogP) is 7.80. The second-order valence-electron chi connectivity index (χ2n) is 7.33. The number of hydrogen-bond acceptors (Lipinski definition) is 0. The lowest BCUT2D eigenvalue weighted by Gasteiger charge is -2.12. The average molecular weight is 339 g/mol. The highest BCUT2D eigenvalue weighted by Gasteiger charge is 2.04. The van der Waals surface area contributed by atoms with Gasteiger partial charge in [0.15, 0.2) is 0 Å². The number of rotatable bonds is 5. The van der Waals surface area contributed by atoms with Crippen LogP contribution in [0.15, 0.2) is 67.3 Å². The Morgan fingerprint density at radius 2 is 1.24 bits per heavy atom. The molecule has 0 aliphatic rings. The smallest absolute Gasteiger partial charge is 0.0253 e. The van der Waals surface area contributed by atoms with Crippen molar-refractivity contribution < 1.29 is 0 Å². The molecule has 0 aliphatic carbocycles. The Morgan fingerprint density at radius 1 is 0.800 bits per heavy atom. The molecule has 0 heterocycles. The summed E-state index contributed by atoms with van der Waals surface area (Å²) in [7, 11) is 0. The summed E-state index contributed by atoms with van der Waals surface area (Å²) in [6.45, 7) is 16.4. The van der Waals surface area contributed by atoms with E-state index < -0.39 is 0 Å². The van der Waals surface area contributed by atoms with Crippen LogP contribution in [0.5, 0.6) is 0 Å². The molecule has 0 aliphatic heterocycles. The summed E-state index contributed by atoms with van der Waals surface area (Å²) in [6, 6.07) is 19.3. The van der Waals surface area contributed by atoms with Crippen LogP contribution in [0.25, 0.3) is 0 Å². The summed E-state index contributed by atoms with van der Waals surface area (Å²) >= 11 is 0. The highest BCUT2D eigenvalue weighted by Crippen LogP contribution is 2.16. The maximum atomic E-state index is 3.36. The van der Waals surface area contributed by atoms with Crippen molar-refractivity contribution in [3.63, 3.8) is 0 Å². The molecular formula is C25H38. The fraction of sp³-hybridized carbons (Fsp3) is 0.440. The molecule has 138 valence electrons. The summed E-state index contributed by atoms with van der Waals surface area (Å²) in [6.07, 6.45) is 5.69. The first kappa shape index (κ1) is 23.2. The molecule has 0 nitrogen and oxygen atoms in total. The van der Waals surface area contributed by atoms with Crippen molar-refractivity contribution in [2.45, 2.75) is 60.8 Å². The van der Waals surface area contributed by atoms with Crippen LogP contribution in [0.3, 0.4) is 0 Å². The van der Waals surface area contributed by atoms with Crippen LogP contribution in [-0.2, 0) is 6.42 Å². The second-order valence-corrected chi connectivity index (χ2v) is 7.33. The van der Waals surface area contributed by atoms with Crippen molar-refractivity contribution in [1.29, 1.82) is 0 Å². The quantitative estimate of drug-likeness (QED) is 0.488. The molecule has 0 fully saturated rings. The zero-order valence-corrected chi connectivity index (χ0v) is 17.3. The molecule has 0 radical (unpaired) electrons. The number of aryl methyl sites for hydroxylation is 2. The molecule has 25 heavy (non-hydrogen) atoms. The zero-order chi connectivity index (χ0) is 19.1. The molecular weight excluding hydrogens is 300 g/mol. The Balaban J connectivity index is 0.000000440. The minimum atomic E-state index is 0.819. The third kappa shape index (κ3) is 14.2. The minimum absolute atomic E-state index is 0.819. The Kier molecular flexibility index (Phi) is 13.5. The van der Waals surface area contributed by atoms with E-state index in [4.69, 9.17) is 0 Å². The van der Waals surface area contributed by atoms with Crippen molar-refractivity contribution in [3.05, 3.63) is 83.9 Å². The molecule has 1 unspecified atom stereocenters. The zero-order valence-electron chi connectivity index (χ0n) is 17.3. The first-order valence-electron chi connectivity index (χ1n) is 9.53. The molecule has 2 aromatic carbocycles. The van der Waals surface area contributed by atoms with Gasteiger partial charge in [0.1, 0.15) is 0 Å². The van der Waals surface area contributed by atoms with Crippen LogP contribution in [0, 0.1) is 25.7 Å². The van der Waals surface area contributed by atoms with Gasteiger partial charge in [-0.2, -0.15) is 0 Å². The maximum absolute atomic E-state index is 3.36. The first-order chi connectivity index (χ1) is 11.9. The third-order valence-electron chi connectivity index (χ3n) is 3.88. The van der Waals surface area contributed by atoms with Gasteiger partial charge in [0.05, 0.1) is 0 Å². The average Bonchev–Trinajstić information content (AvgIpc) is 2.58. The van der Waals surface area contributed by atoms with Gasteiger partial charge in [-0.3, -0.25) is 0 Å². The van der Waals surface area contributed by atoms with Crippen LogP contribution in [0.2, 0.25) is 0 Å². The van der Waals surface area contributed by atoms with Crippen molar-refractivity contribution >= 4 is 0 Å². The van der Waals surface area contributed by atoms with E-state index in [0.717, 1.165) is 11.8 Å². The molecule has 0 aromatic heterocycles. The highest BCUT2D eigenvalue weighted by atomic mass is 14.1. The summed E-state index contributed by atoms with van der Waals surface area (Å²) in [5, 5.41) is 0. The molecule has 1 atom stereocenters. The summed E-state index contributed by atoms with van der Waals surface area (Å²) in [5.74, 6) is 1.66. The van der Waals surface area contributed by atoms with Crippen LogP contribution < -0.4 is 0 Å². The maximum Gasteiger partial charge on any atom is -0.0253 e. The lowest BCUT2D eigenvalue weighted by molar-refractivity contribution is 0.448. The van der Waals surface area contributed by atoms with E-state index in [1.165, 1.54) is 36.0 Å². The van der Waals surface area contributed by atoms with Crippen molar-refractivity contribution in [2.24, 2.45) is 11.8 Å². The lowest BCUT2D eigenvalue weighted by Crippen LogP contribution is -2.01. The number of allylic oxidation sites excluding steroid dienone is 1. The van der Waals surface area contributed by atoms with Crippen LogP contribution >= 0.6 is 0 Å². The summed E-state index contributed by atoms with van der Waals surface area (Å²) in [5.41, 5.74) is 4.13. The van der Waals surface area contributed by atoms with Gasteiger partial charge in [-0.15, -0.1) is 6.58 Å². The van der Waals surface area contributed by atoms with Gasteiger partial charge in [-0.1, -0.05) is 105 Å². The van der Waals surface area contributed by atoms with E-state index in [2.05, 4.69) is 95.8 Å². The molecule has 0 saturated heterocycles. The van der Waals surface area contributed by atoms with Crippen LogP contribution in [0.1, 0.15) is 57.2 Å². The first-order valence-corrected chi connectivity index (χ1v) is 9.53. The van der Waals surface area contributed by atoms with Crippen LogP contribution in [-0.4, -0.2) is 0 Å². The SMILES string of the molecule is C=CC.CC(C)CCC(C)Cc1ccccc1.Cc1ccc(C)cc1. The van der Waals surface area contributed by atoms with Crippen LogP contribution in [0.4, 0.5) is 0 Å². The standard InChI is InChI=1S/C14H22.C8H10.C3H6/c1-12(2)9-10-13(3)11-14-7-5-4-6-8-14;1-7-3-5-8(2)6-4-7;1-3-2/h4-8,12-13H,9-11H2,1-3H3;3-6H,1-2H3;3H,1H2,2H3. The van der Waals surface area contributed by atoms with Gasteiger partial charge in [0, 0.05) is 0 Å². The number of hydrogen-bond donors (Lipinski definition) is 0. The molecule has 0 amide bonds. The summed E-state index contributed by atoms with van der Waals surface area (Å²) < 4.78 is 0. The van der Waals surface area contributed by atoms with E-state index in [-0.39, 0.29) is 0 Å². The Bertz CT molecular complexity index is 513. The third-order valence-corrected chi connectivity index (χ3v) is 3.88. The van der Waals surface area contributed by atoms with Gasteiger partial charge in [0.2, 0.25) is 0 Å². The normalized spacial score (nSPS) is 10.8. The van der Waals surface area contributed by atoms with E-state index >= 15 is 0 Å². The van der Waals surface area contributed by atoms with Crippen molar-refractivity contribution in [3.8, 4) is 0 Å². The fourth-order valence-corrected chi connectivity index (χ4v) is 2.37. The fourth-order valence-electron chi connectivity index (χ4n) is 2.37. The molecule has 2 rings (SSSR count). The molecule has 0 bridgehead atoms. The van der Waals surface area contributed by atoms with Crippen molar-refractivity contribution in [1.82, 2.24) is 0 Å². The van der Waals surface area contributed by atoms with Gasteiger partial charge in [-0.05, 0) is 44.6 Å². The molecule has 2 aromatic rings. The Hall–Kier alpha value is -1.82. The van der Waals surface area contributed by atoms with E-state index in [9.17, 15) is 0 Å². The largest absolute Gasteiger partial charge is 0.103 e. The summed E-state index contributed by atoms with van der Waals surface area (Å²) in [4.78, 5) is 0. The minimum Gasteiger partial charge on any atom is -0.103 e. The van der Waals surface area contributed by atoms with Gasteiger partial charge >= 0.3 is 0 Å². The number of benzene rings is 2. The molecule has 0 spiro atoms. The predicted molar refractivity (Wildman–Crippen MR) is 115 cm³/mol. The molecule has 0 heteroatoms. The Labute approximate surface area is 157 Å². The lowest BCUT2D eigenvalue weighted by atomic mass is 9.93. The van der Waals surface area contributed by atoms with Gasteiger partial charge in [-0.25, -0.2) is 0 Å². The van der Waals surface area contributed by atoms with Crippen molar-refractivity contribution in [2.75, 3.05) is 0 Å². The Morgan fingerprint density at radius 3 is 1.64 bits per heavy atom. The van der Waals surface area contributed by atoms with E-state index in [1.54, 1.807) is 6.08 Å². The molecule has 0 N–H and O–H groups in total. The second kappa shape index (κ2) is 14.5.